The van der Waals surface area contributed by atoms with Gasteiger partial charge in [-0.25, -0.2) is 14.6 Å². The molecule has 4 heterocycles. The second kappa shape index (κ2) is 6.22. The molecule has 0 aliphatic carbocycles. The second-order valence-electron chi connectivity index (χ2n) is 6.66. The molecule has 1 amide bonds. The van der Waals surface area contributed by atoms with Crippen LogP contribution in [-0.4, -0.2) is 43.6 Å². The van der Waals surface area contributed by atoms with E-state index in [1.165, 1.54) is 4.88 Å². The fraction of sp³-hybridized carbons (Fsp3) is 0.444. The number of aromatic nitrogens is 4. The van der Waals surface area contributed by atoms with E-state index in [1.807, 2.05) is 24.3 Å². The average Bonchev–Trinajstić information content (AvgIpc) is 3.15. The highest BCUT2D eigenvalue weighted by Gasteiger charge is 2.30. The molecule has 25 heavy (non-hydrogen) atoms. The summed E-state index contributed by atoms with van der Waals surface area (Å²) >= 11 is 1.64. The first kappa shape index (κ1) is 16.2. The van der Waals surface area contributed by atoms with E-state index in [0.29, 0.717) is 6.54 Å². The Morgan fingerprint density at radius 2 is 2.08 bits per heavy atom. The maximum atomic E-state index is 13.0. The van der Waals surface area contributed by atoms with Crippen LogP contribution in [0.25, 0.3) is 11.2 Å². The van der Waals surface area contributed by atoms with Gasteiger partial charge in [0.25, 0.3) is 5.91 Å². The molecule has 0 radical (unpaired) electrons. The molecule has 4 rings (SSSR count). The summed E-state index contributed by atoms with van der Waals surface area (Å²) in [5.74, 6) is 0.344. The van der Waals surface area contributed by atoms with Gasteiger partial charge in [-0.3, -0.25) is 4.79 Å². The van der Waals surface area contributed by atoms with Gasteiger partial charge in [0.2, 0.25) is 0 Å². The number of hydrogen-bond acceptors (Lipinski definition) is 5. The number of amides is 1. The zero-order valence-electron chi connectivity index (χ0n) is 14.7. The lowest BCUT2D eigenvalue weighted by atomic mass is 9.93. The van der Waals surface area contributed by atoms with Crippen molar-refractivity contribution in [3.8, 4) is 0 Å². The molecule has 130 valence electrons. The van der Waals surface area contributed by atoms with Crippen molar-refractivity contribution >= 4 is 28.4 Å². The van der Waals surface area contributed by atoms with Crippen molar-refractivity contribution in [1.29, 1.82) is 0 Å². The molecule has 1 unspecified atom stereocenters. The normalized spacial score (nSPS) is 18.0. The minimum Gasteiger partial charge on any atom is -0.338 e. The first-order chi connectivity index (χ1) is 12.1. The molecule has 1 fully saturated rings. The molecular weight excluding hydrogens is 334 g/mol. The first-order valence-electron chi connectivity index (χ1n) is 8.54. The van der Waals surface area contributed by atoms with Gasteiger partial charge >= 0.3 is 0 Å². The number of rotatable bonds is 2. The highest BCUT2D eigenvalue weighted by molar-refractivity contribution is 7.10. The van der Waals surface area contributed by atoms with Crippen molar-refractivity contribution in [3.05, 3.63) is 39.5 Å². The average molecular weight is 355 g/mol. The smallest absolute Gasteiger partial charge is 0.254 e. The Bertz CT molecular complexity index is 944. The molecule has 3 aromatic heterocycles. The summed E-state index contributed by atoms with van der Waals surface area (Å²) < 4.78 is 1.78. The maximum Gasteiger partial charge on any atom is 0.254 e. The van der Waals surface area contributed by atoms with E-state index in [-0.39, 0.29) is 11.8 Å². The summed E-state index contributed by atoms with van der Waals surface area (Å²) in [6, 6.07) is 0. The molecule has 1 atom stereocenters. The van der Waals surface area contributed by atoms with Gasteiger partial charge in [0.1, 0.15) is 5.52 Å². The van der Waals surface area contributed by atoms with Crippen molar-refractivity contribution in [2.75, 3.05) is 13.1 Å². The number of carbonyl (C=O) groups is 1. The Balaban J connectivity index is 1.62. The molecule has 1 aliphatic heterocycles. The van der Waals surface area contributed by atoms with Crippen molar-refractivity contribution < 1.29 is 4.79 Å². The second-order valence-corrected chi connectivity index (χ2v) is 7.74. The lowest BCUT2D eigenvalue weighted by Crippen LogP contribution is -2.39. The van der Waals surface area contributed by atoms with Crippen LogP contribution < -0.4 is 0 Å². The van der Waals surface area contributed by atoms with E-state index in [1.54, 1.807) is 28.4 Å². The van der Waals surface area contributed by atoms with E-state index in [0.717, 1.165) is 47.4 Å². The fourth-order valence-electron chi connectivity index (χ4n) is 3.56. The van der Waals surface area contributed by atoms with Crippen LogP contribution in [-0.2, 0) is 7.05 Å². The summed E-state index contributed by atoms with van der Waals surface area (Å²) in [5.41, 5.74) is 4.55. The quantitative estimate of drug-likeness (QED) is 0.709. The van der Waals surface area contributed by atoms with Crippen LogP contribution in [0.1, 0.15) is 45.3 Å². The van der Waals surface area contributed by atoms with Crippen LogP contribution >= 0.6 is 11.3 Å². The third-order valence-corrected chi connectivity index (χ3v) is 6.11. The summed E-state index contributed by atoms with van der Waals surface area (Å²) in [6.45, 7) is 5.59. The number of fused-ring (bicyclic) bond motifs is 1. The van der Waals surface area contributed by atoms with Gasteiger partial charge in [0.05, 0.1) is 11.3 Å². The highest BCUT2D eigenvalue weighted by atomic mass is 32.1. The Morgan fingerprint density at radius 3 is 2.84 bits per heavy atom. The zero-order chi connectivity index (χ0) is 17.6. The molecule has 0 spiro atoms. The van der Waals surface area contributed by atoms with Gasteiger partial charge in [-0.1, -0.05) is 0 Å². The van der Waals surface area contributed by atoms with Gasteiger partial charge in [-0.15, -0.1) is 11.3 Å². The van der Waals surface area contributed by atoms with Gasteiger partial charge in [0, 0.05) is 48.7 Å². The van der Waals surface area contributed by atoms with Gasteiger partial charge in [-0.2, -0.15) is 5.10 Å². The largest absolute Gasteiger partial charge is 0.338 e. The van der Waals surface area contributed by atoms with E-state index in [9.17, 15) is 4.79 Å². The molecule has 3 aromatic rings. The molecule has 0 N–H and O–H groups in total. The Labute approximate surface area is 150 Å². The first-order valence-corrected chi connectivity index (χ1v) is 9.41. The molecular formula is C18H21N5OS. The maximum absolute atomic E-state index is 13.0. The van der Waals surface area contributed by atoms with Gasteiger partial charge < -0.3 is 4.90 Å². The van der Waals surface area contributed by atoms with Gasteiger partial charge in [-0.05, 0) is 32.3 Å². The van der Waals surface area contributed by atoms with Crippen LogP contribution in [0.5, 0.6) is 0 Å². The number of likely N-dealkylation sites (tertiary alicyclic amines) is 1. The molecule has 7 heteroatoms. The lowest BCUT2D eigenvalue weighted by Gasteiger charge is -2.32. The predicted molar refractivity (Wildman–Crippen MR) is 98.0 cm³/mol. The minimum atomic E-state index is 0.137. The number of thiophene rings is 1. The SMILES string of the molecule is Cc1scc(C(=O)N2CCCC(c3nn(C)c4nccnc34)C2)c1C. The van der Waals surface area contributed by atoms with Crippen molar-refractivity contribution in [3.63, 3.8) is 0 Å². The number of nitrogens with zero attached hydrogens (tertiary/aromatic N) is 5. The summed E-state index contributed by atoms with van der Waals surface area (Å²) in [6.07, 6.45) is 5.40. The summed E-state index contributed by atoms with van der Waals surface area (Å²) in [7, 11) is 1.89. The molecule has 0 aromatic carbocycles. The van der Waals surface area contributed by atoms with Crippen molar-refractivity contribution in [2.24, 2.45) is 7.05 Å². The predicted octanol–water partition coefficient (Wildman–Crippen LogP) is 3.06. The zero-order valence-corrected chi connectivity index (χ0v) is 15.5. The highest BCUT2D eigenvalue weighted by Crippen LogP contribution is 2.31. The molecule has 1 saturated heterocycles. The number of aryl methyl sites for hydroxylation is 2. The van der Waals surface area contributed by atoms with Gasteiger partial charge in [0.15, 0.2) is 5.65 Å². The van der Waals surface area contributed by atoms with Crippen LogP contribution in [0.4, 0.5) is 0 Å². The standard InChI is InChI=1S/C18H21N5OS/c1-11-12(2)25-10-14(11)18(24)23-8-4-5-13(9-23)15-16-17(22(3)21-15)20-7-6-19-16/h6-7,10,13H,4-5,8-9H2,1-3H3. The topological polar surface area (TPSA) is 63.9 Å². The number of piperidine rings is 1. The van der Waals surface area contributed by atoms with Crippen molar-refractivity contribution in [2.45, 2.75) is 32.6 Å². The van der Waals surface area contributed by atoms with Crippen molar-refractivity contribution in [1.82, 2.24) is 24.6 Å². The fourth-order valence-corrected chi connectivity index (χ4v) is 4.42. The third-order valence-electron chi connectivity index (χ3n) is 5.10. The molecule has 1 aliphatic rings. The Kier molecular flexibility index (Phi) is 4.03. The van der Waals surface area contributed by atoms with E-state index >= 15 is 0 Å². The summed E-state index contributed by atoms with van der Waals surface area (Å²) in [5, 5.41) is 6.64. The molecule has 6 nitrogen and oxygen atoms in total. The van der Waals surface area contributed by atoms with Crippen LogP contribution in [0.15, 0.2) is 17.8 Å². The van der Waals surface area contributed by atoms with Crippen LogP contribution in [0, 0.1) is 13.8 Å². The summed E-state index contributed by atoms with van der Waals surface area (Å²) in [4.78, 5) is 25.0. The third kappa shape index (κ3) is 2.72. The van der Waals surface area contributed by atoms with E-state index in [2.05, 4.69) is 22.0 Å². The Hall–Kier alpha value is -2.28. The van der Waals surface area contributed by atoms with Crippen LogP contribution in [0.3, 0.4) is 0 Å². The minimum absolute atomic E-state index is 0.137. The monoisotopic (exact) mass is 355 g/mol. The molecule has 0 saturated carbocycles. The number of hydrogen-bond donors (Lipinski definition) is 0. The van der Waals surface area contributed by atoms with E-state index < -0.39 is 0 Å². The molecule has 0 bridgehead atoms. The van der Waals surface area contributed by atoms with Crippen LogP contribution in [0.2, 0.25) is 0 Å². The number of carbonyl (C=O) groups excluding carboxylic acids is 1. The Morgan fingerprint density at radius 1 is 1.28 bits per heavy atom. The van der Waals surface area contributed by atoms with E-state index in [4.69, 9.17) is 0 Å². The lowest BCUT2D eigenvalue weighted by molar-refractivity contribution is 0.0706.